The molecule has 0 spiro atoms. The van der Waals surface area contributed by atoms with Gasteiger partial charge < -0.3 is 10.2 Å². The van der Waals surface area contributed by atoms with Crippen molar-refractivity contribution in [2.45, 2.75) is 4.75 Å². The summed E-state index contributed by atoms with van der Waals surface area (Å²) in [5, 5.41) is 20.5. The summed E-state index contributed by atoms with van der Waals surface area (Å²) >= 11 is 24.2. The molecule has 0 aliphatic rings. The van der Waals surface area contributed by atoms with E-state index in [1.807, 2.05) is 0 Å². The lowest BCUT2D eigenvalue weighted by molar-refractivity contribution is 0.439. The van der Waals surface area contributed by atoms with E-state index >= 15 is 0 Å². The maximum atomic E-state index is 12.9. The molecule has 5 nitrogen and oxygen atoms in total. The summed E-state index contributed by atoms with van der Waals surface area (Å²) < 4.78 is 33.9. The van der Waals surface area contributed by atoms with Crippen LogP contribution in [0.2, 0.25) is 20.1 Å². The lowest BCUT2D eigenvalue weighted by Gasteiger charge is -2.34. The van der Waals surface area contributed by atoms with Crippen molar-refractivity contribution in [2.75, 3.05) is 0 Å². The zero-order valence-corrected chi connectivity index (χ0v) is 18.1. The van der Waals surface area contributed by atoms with Crippen molar-refractivity contribution in [3.63, 3.8) is 0 Å². The summed E-state index contributed by atoms with van der Waals surface area (Å²) in [6, 6.07) is 11.6. The molecule has 0 bridgehead atoms. The van der Waals surface area contributed by atoms with E-state index in [0.29, 0.717) is 0 Å². The molecule has 3 aromatic rings. The fraction of sp³-hybridized carbons (Fsp3) is 0.0526. The van der Waals surface area contributed by atoms with E-state index < -0.39 is 26.4 Å². The summed E-state index contributed by atoms with van der Waals surface area (Å²) in [6.45, 7) is 0. The number of hydrogen-bond acceptors (Lipinski definition) is 4. The first-order valence-electron chi connectivity index (χ1n) is 7.89. The molecule has 10 heteroatoms. The molecule has 29 heavy (non-hydrogen) atoms. The van der Waals surface area contributed by atoms with E-state index in [4.69, 9.17) is 46.4 Å². The molecule has 0 radical (unpaired) electrons. The minimum atomic E-state index is -5.09. The van der Waals surface area contributed by atoms with Gasteiger partial charge in [-0.3, -0.25) is 4.55 Å². The molecule has 3 aromatic carbocycles. The summed E-state index contributed by atoms with van der Waals surface area (Å²) in [5.74, 6) is -1.00. The predicted octanol–water partition coefficient (Wildman–Crippen LogP) is 5.89. The van der Waals surface area contributed by atoms with Crippen LogP contribution in [0.15, 0.2) is 54.6 Å². The van der Waals surface area contributed by atoms with Crippen LogP contribution in [0, 0.1) is 0 Å². The maximum Gasteiger partial charge on any atom is 0.283 e. The van der Waals surface area contributed by atoms with E-state index in [0.717, 1.165) is 18.2 Å². The molecule has 0 fully saturated rings. The Hall–Kier alpha value is -1.67. The minimum Gasteiger partial charge on any atom is -0.508 e. The molecular formula is C19H12Cl4O5S. The van der Waals surface area contributed by atoms with E-state index in [-0.39, 0.29) is 36.8 Å². The number of halogens is 4. The Morgan fingerprint density at radius 1 is 0.690 bits per heavy atom. The van der Waals surface area contributed by atoms with Crippen LogP contribution in [0.4, 0.5) is 0 Å². The smallest absolute Gasteiger partial charge is 0.283 e. The lowest BCUT2D eigenvalue weighted by atomic mass is 9.83. The molecule has 0 heterocycles. The number of hydrogen-bond donors (Lipinski definition) is 3. The molecule has 3 rings (SSSR count). The minimum absolute atomic E-state index is 0.0231. The van der Waals surface area contributed by atoms with Gasteiger partial charge in [0, 0.05) is 22.2 Å². The van der Waals surface area contributed by atoms with Gasteiger partial charge in [0.25, 0.3) is 10.1 Å². The second kappa shape index (κ2) is 7.87. The maximum absolute atomic E-state index is 12.9. The predicted molar refractivity (Wildman–Crippen MR) is 114 cm³/mol. The average molecular weight is 494 g/mol. The van der Waals surface area contributed by atoms with Gasteiger partial charge in [0.15, 0.2) is 4.75 Å². The van der Waals surface area contributed by atoms with Crippen molar-refractivity contribution in [1.82, 2.24) is 0 Å². The molecule has 0 amide bonds. The van der Waals surface area contributed by atoms with E-state index in [9.17, 15) is 23.2 Å². The van der Waals surface area contributed by atoms with E-state index in [1.165, 1.54) is 30.3 Å². The molecule has 0 aromatic heterocycles. The standard InChI is InChI=1S/C19H12Cl4O5S/c20-13-4-2-1-3-11(13)19(29(26,27)28,10-5-6-14(21)18(25)7-10)12-8-15(22)16(23)9-17(12)24/h1-9,24-25H,(H,26,27,28). The highest BCUT2D eigenvalue weighted by molar-refractivity contribution is 7.87. The van der Waals surface area contributed by atoms with Gasteiger partial charge in [-0.05, 0) is 29.8 Å². The topological polar surface area (TPSA) is 94.8 Å². The fourth-order valence-electron chi connectivity index (χ4n) is 3.18. The first-order valence-corrected chi connectivity index (χ1v) is 10.8. The zero-order valence-electron chi connectivity index (χ0n) is 14.3. The second-order valence-electron chi connectivity index (χ2n) is 6.09. The Morgan fingerprint density at radius 3 is 1.90 bits per heavy atom. The van der Waals surface area contributed by atoms with E-state index in [1.54, 1.807) is 6.07 Å². The van der Waals surface area contributed by atoms with Crippen LogP contribution in [0.5, 0.6) is 11.5 Å². The molecule has 3 N–H and O–H groups in total. The van der Waals surface area contributed by atoms with Crippen LogP contribution in [0.25, 0.3) is 0 Å². The Balaban J connectivity index is 2.61. The number of rotatable bonds is 4. The van der Waals surface area contributed by atoms with Crippen molar-refractivity contribution in [1.29, 1.82) is 0 Å². The highest BCUT2D eigenvalue weighted by Crippen LogP contribution is 2.51. The third-order valence-corrected chi connectivity index (χ3v) is 7.23. The first-order chi connectivity index (χ1) is 13.5. The van der Waals surface area contributed by atoms with Gasteiger partial charge in [-0.15, -0.1) is 0 Å². The number of phenols is 2. The van der Waals surface area contributed by atoms with Crippen molar-refractivity contribution in [3.05, 3.63) is 91.4 Å². The largest absolute Gasteiger partial charge is 0.508 e. The molecule has 0 aliphatic carbocycles. The van der Waals surface area contributed by atoms with Crippen LogP contribution < -0.4 is 0 Å². The highest BCUT2D eigenvalue weighted by Gasteiger charge is 2.51. The Kier molecular flexibility index (Phi) is 5.98. The molecule has 0 saturated carbocycles. The molecule has 1 atom stereocenters. The zero-order chi connectivity index (χ0) is 21.6. The number of phenolic OH excluding ortho intramolecular Hbond substituents is 2. The average Bonchev–Trinajstić information content (AvgIpc) is 2.63. The fourth-order valence-corrected chi connectivity index (χ4v) is 5.27. The summed E-state index contributed by atoms with van der Waals surface area (Å²) in [4.78, 5) is 0. The van der Waals surface area contributed by atoms with Gasteiger partial charge in [-0.2, -0.15) is 8.42 Å². The lowest BCUT2D eigenvalue weighted by Crippen LogP contribution is -2.38. The second-order valence-corrected chi connectivity index (χ2v) is 9.28. The van der Waals surface area contributed by atoms with Crippen molar-refractivity contribution in [3.8, 4) is 11.5 Å². The van der Waals surface area contributed by atoms with Crippen molar-refractivity contribution >= 4 is 56.5 Å². The quantitative estimate of drug-likeness (QED) is 0.311. The van der Waals surface area contributed by atoms with Gasteiger partial charge in [-0.1, -0.05) is 70.7 Å². The van der Waals surface area contributed by atoms with Crippen LogP contribution in [0.3, 0.4) is 0 Å². The Morgan fingerprint density at radius 2 is 1.31 bits per heavy atom. The van der Waals surface area contributed by atoms with Crippen LogP contribution in [-0.4, -0.2) is 23.2 Å². The molecular weight excluding hydrogens is 482 g/mol. The van der Waals surface area contributed by atoms with Gasteiger partial charge in [0.05, 0.1) is 15.1 Å². The van der Waals surface area contributed by atoms with Gasteiger partial charge in [0.1, 0.15) is 11.5 Å². The molecule has 152 valence electrons. The van der Waals surface area contributed by atoms with Crippen LogP contribution >= 0.6 is 46.4 Å². The van der Waals surface area contributed by atoms with Gasteiger partial charge in [-0.25, -0.2) is 0 Å². The normalized spacial score (nSPS) is 13.8. The van der Waals surface area contributed by atoms with Gasteiger partial charge >= 0.3 is 0 Å². The molecule has 1 unspecified atom stereocenters. The van der Waals surface area contributed by atoms with Crippen molar-refractivity contribution in [2.24, 2.45) is 0 Å². The Bertz CT molecular complexity index is 1210. The summed E-state index contributed by atoms with van der Waals surface area (Å²) in [6.07, 6.45) is 0. The monoisotopic (exact) mass is 492 g/mol. The van der Waals surface area contributed by atoms with Crippen molar-refractivity contribution < 1.29 is 23.2 Å². The SMILES string of the molecule is O=S(=O)(O)C(c1ccc(Cl)c(O)c1)(c1cc(Cl)c(Cl)cc1O)c1ccccc1Cl. The third-order valence-electron chi connectivity index (χ3n) is 4.41. The third kappa shape index (κ3) is 3.65. The summed E-state index contributed by atoms with van der Waals surface area (Å²) in [5.41, 5.74) is -0.535. The number of benzene rings is 3. The van der Waals surface area contributed by atoms with E-state index in [2.05, 4.69) is 0 Å². The first kappa shape index (κ1) is 22.0. The number of aromatic hydroxyl groups is 2. The highest BCUT2D eigenvalue weighted by atomic mass is 35.5. The molecule has 0 saturated heterocycles. The Labute approximate surface area is 186 Å². The van der Waals surface area contributed by atoms with Crippen LogP contribution in [0.1, 0.15) is 16.7 Å². The summed E-state index contributed by atoms with van der Waals surface area (Å²) in [7, 11) is -5.09. The van der Waals surface area contributed by atoms with Crippen LogP contribution in [-0.2, 0) is 14.9 Å². The molecule has 0 aliphatic heterocycles. The van der Waals surface area contributed by atoms with Gasteiger partial charge in [0.2, 0.25) is 0 Å².